The second kappa shape index (κ2) is 7.37. The van der Waals surface area contributed by atoms with E-state index in [0.717, 1.165) is 0 Å². The summed E-state index contributed by atoms with van der Waals surface area (Å²) < 4.78 is 19.7. The van der Waals surface area contributed by atoms with Gasteiger partial charge in [0, 0.05) is 5.41 Å². The number of hydrogen-bond donors (Lipinski definition) is 1. The van der Waals surface area contributed by atoms with Crippen molar-refractivity contribution in [2.24, 2.45) is 16.2 Å². The van der Waals surface area contributed by atoms with Crippen LogP contribution in [-0.2, 0) is 11.2 Å². The van der Waals surface area contributed by atoms with Gasteiger partial charge in [0.2, 0.25) is 0 Å². The van der Waals surface area contributed by atoms with Gasteiger partial charge in [-0.3, -0.25) is 4.79 Å². The Hall–Kier alpha value is -2.55. The first-order valence-corrected chi connectivity index (χ1v) is 9.57. The van der Waals surface area contributed by atoms with Crippen molar-refractivity contribution in [2.45, 2.75) is 20.3 Å². The van der Waals surface area contributed by atoms with Crippen molar-refractivity contribution >= 4 is 29.2 Å². The summed E-state index contributed by atoms with van der Waals surface area (Å²) >= 11 is 11.6. The molecule has 1 saturated carbocycles. The number of para-hydroxylation sites is 1. The third kappa shape index (κ3) is 3.17. The quantitative estimate of drug-likeness (QED) is 0.597. The highest BCUT2D eigenvalue weighted by atomic mass is 35.5. The Balaban J connectivity index is 2.02. The normalized spacial score (nSPS) is 24.3. The van der Waals surface area contributed by atoms with Gasteiger partial charge < -0.3 is 9.84 Å². The molecule has 0 aliphatic heterocycles. The highest BCUT2D eigenvalue weighted by Crippen LogP contribution is 2.80. The molecular weight excluding hydrogens is 416 g/mol. The third-order valence-electron chi connectivity index (χ3n) is 5.97. The molecule has 4 nitrogen and oxygen atoms in total. The Morgan fingerprint density at radius 1 is 1.24 bits per heavy atom. The van der Waals surface area contributed by atoms with Crippen molar-refractivity contribution in [1.29, 1.82) is 5.26 Å². The van der Waals surface area contributed by atoms with Crippen molar-refractivity contribution in [3.05, 3.63) is 70.5 Å². The maximum Gasteiger partial charge on any atom is 0.312 e. The number of rotatable bonds is 6. The molecule has 0 radical (unpaired) electrons. The van der Waals surface area contributed by atoms with Gasteiger partial charge >= 0.3 is 5.97 Å². The van der Waals surface area contributed by atoms with E-state index < -0.39 is 28.0 Å². The first kappa shape index (κ1) is 21.2. The lowest BCUT2D eigenvalue weighted by Crippen LogP contribution is -2.26. The summed E-state index contributed by atoms with van der Waals surface area (Å²) in [5.74, 6) is -1.30. The van der Waals surface area contributed by atoms with Crippen LogP contribution in [0.1, 0.15) is 19.4 Å². The van der Waals surface area contributed by atoms with Gasteiger partial charge in [-0.2, -0.15) is 5.26 Å². The Morgan fingerprint density at radius 3 is 2.45 bits per heavy atom. The number of hydrogen-bond acceptors (Lipinski definition) is 3. The Morgan fingerprint density at radius 2 is 1.90 bits per heavy atom. The summed E-state index contributed by atoms with van der Waals surface area (Å²) in [5.41, 5.74) is -3.32. The van der Waals surface area contributed by atoms with Gasteiger partial charge in [0.1, 0.15) is 21.1 Å². The van der Waals surface area contributed by atoms with Crippen molar-refractivity contribution in [3.8, 4) is 17.6 Å². The third-order valence-corrected chi connectivity index (χ3v) is 6.18. The van der Waals surface area contributed by atoms with Crippen LogP contribution in [0.5, 0.6) is 11.5 Å². The van der Waals surface area contributed by atoms with Gasteiger partial charge in [0.15, 0.2) is 11.6 Å². The number of carboxylic acids is 1. The second-order valence-electron chi connectivity index (χ2n) is 7.55. The molecule has 1 fully saturated rings. The van der Waals surface area contributed by atoms with E-state index in [1.807, 2.05) is 6.07 Å². The maximum atomic E-state index is 14.3. The van der Waals surface area contributed by atoms with E-state index in [4.69, 9.17) is 27.9 Å². The number of aliphatic carboxylic acids is 1. The molecule has 7 heteroatoms. The van der Waals surface area contributed by atoms with E-state index >= 15 is 0 Å². The molecule has 3 rings (SSSR count). The zero-order valence-electron chi connectivity index (χ0n) is 15.7. The van der Waals surface area contributed by atoms with Crippen molar-refractivity contribution in [1.82, 2.24) is 0 Å². The number of allylic oxidation sites excluding steroid dienone is 1. The van der Waals surface area contributed by atoms with Crippen molar-refractivity contribution < 1.29 is 19.0 Å². The maximum absolute atomic E-state index is 14.3. The highest BCUT2D eigenvalue weighted by molar-refractivity contribution is 6.56. The van der Waals surface area contributed by atoms with Crippen LogP contribution in [0.2, 0.25) is 0 Å². The van der Waals surface area contributed by atoms with Gasteiger partial charge in [-0.05, 0) is 42.3 Å². The Bertz CT molecular complexity index is 1030. The first-order chi connectivity index (χ1) is 13.6. The zero-order valence-corrected chi connectivity index (χ0v) is 17.3. The molecule has 2 atom stereocenters. The van der Waals surface area contributed by atoms with E-state index in [9.17, 15) is 19.6 Å². The minimum absolute atomic E-state index is 0.0219. The minimum atomic E-state index is -1.48. The molecule has 0 spiro atoms. The smallest absolute Gasteiger partial charge is 0.312 e. The van der Waals surface area contributed by atoms with Gasteiger partial charge in [0.05, 0.1) is 6.07 Å². The number of carboxylic acid groups (broad SMARTS) is 1. The fourth-order valence-electron chi connectivity index (χ4n) is 4.27. The molecule has 150 valence electrons. The van der Waals surface area contributed by atoms with Crippen LogP contribution in [0.4, 0.5) is 4.39 Å². The SMILES string of the molecule is CC1(C)C(C#N)(C=C(Cl)Cl)C1(Cc1ccc(F)c(Oc2ccccc2)c1)C(=O)O. The molecule has 29 heavy (non-hydrogen) atoms. The number of ether oxygens (including phenoxy) is 1. The molecule has 2 unspecified atom stereocenters. The molecule has 1 aliphatic carbocycles. The molecule has 0 amide bonds. The number of halogens is 3. The molecule has 0 saturated heterocycles. The van der Waals surface area contributed by atoms with Crippen molar-refractivity contribution in [2.75, 3.05) is 0 Å². The predicted octanol–water partition coefficient (Wildman–Crippen LogP) is 6.10. The molecule has 2 aromatic carbocycles. The van der Waals surface area contributed by atoms with Crippen LogP contribution >= 0.6 is 23.2 Å². The number of nitriles is 1. The lowest BCUT2D eigenvalue weighted by atomic mass is 9.86. The lowest BCUT2D eigenvalue weighted by Gasteiger charge is -2.17. The second-order valence-corrected chi connectivity index (χ2v) is 8.55. The summed E-state index contributed by atoms with van der Waals surface area (Å²) in [7, 11) is 0. The van der Waals surface area contributed by atoms with Crippen LogP contribution in [0.15, 0.2) is 59.1 Å². The molecule has 1 aliphatic rings. The van der Waals surface area contributed by atoms with Gasteiger partial charge in [0.25, 0.3) is 0 Å². The van der Waals surface area contributed by atoms with E-state index in [2.05, 4.69) is 6.07 Å². The largest absolute Gasteiger partial charge is 0.481 e. The fraction of sp³-hybridized carbons (Fsp3) is 0.273. The number of nitrogens with zero attached hydrogens (tertiary/aromatic N) is 1. The molecule has 1 N–H and O–H groups in total. The van der Waals surface area contributed by atoms with E-state index in [0.29, 0.717) is 11.3 Å². The summed E-state index contributed by atoms with van der Waals surface area (Å²) in [4.78, 5) is 12.3. The Labute approximate surface area is 178 Å². The predicted molar refractivity (Wildman–Crippen MR) is 108 cm³/mol. The van der Waals surface area contributed by atoms with Gasteiger partial charge in [-0.25, -0.2) is 4.39 Å². The zero-order chi connectivity index (χ0) is 21.4. The standard InChI is InChI=1S/C22H18Cl2FNO3/c1-20(2)21(13-26,12-18(23)24)22(20,19(27)28)11-14-8-9-16(25)17(10-14)29-15-6-4-3-5-7-15/h3-10,12H,11H2,1-2H3,(H,27,28). The average Bonchev–Trinajstić information content (AvgIpc) is 3.07. The Kier molecular flexibility index (Phi) is 5.38. The van der Waals surface area contributed by atoms with Gasteiger partial charge in [-0.15, -0.1) is 0 Å². The topological polar surface area (TPSA) is 70.3 Å². The van der Waals surface area contributed by atoms with Crippen LogP contribution in [0.3, 0.4) is 0 Å². The fourth-order valence-corrected chi connectivity index (χ4v) is 4.59. The van der Waals surface area contributed by atoms with Crippen LogP contribution in [0.25, 0.3) is 0 Å². The first-order valence-electron chi connectivity index (χ1n) is 8.81. The summed E-state index contributed by atoms with van der Waals surface area (Å²) in [6.45, 7) is 3.37. The van der Waals surface area contributed by atoms with Crippen LogP contribution in [-0.4, -0.2) is 11.1 Å². The van der Waals surface area contributed by atoms with Crippen LogP contribution < -0.4 is 4.74 Å². The molecule has 2 aromatic rings. The highest BCUT2D eigenvalue weighted by Gasteiger charge is 2.86. The van der Waals surface area contributed by atoms with E-state index in [1.165, 1.54) is 24.3 Å². The average molecular weight is 434 g/mol. The molecule has 0 bridgehead atoms. The molecular formula is C22H18Cl2FNO3. The minimum Gasteiger partial charge on any atom is -0.481 e. The van der Waals surface area contributed by atoms with Crippen molar-refractivity contribution in [3.63, 3.8) is 0 Å². The molecule has 0 heterocycles. The summed E-state index contributed by atoms with van der Waals surface area (Å²) in [5, 5.41) is 19.9. The monoisotopic (exact) mass is 433 g/mol. The molecule has 0 aromatic heterocycles. The summed E-state index contributed by atoms with van der Waals surface area (Å²) in [6, 6.07) is 14.9. The van der Waals surface area contributed by atoms with Gasteiger partial charge in [-0.1, -0.05) is 61.3 Å². The lowest BCUT2D eigenvalue weighted by molar-refractivity contribution is -0.145. The van der Waals surface area contributed by atoms with E-state index in [1.54, 1.807) is 38.1 Å². The van der Waals surface area contributed by atoms with E-state index in [-0.39, 0.29) is 16.7 Å². The number of carbonyl (C=O) groups is 1. The summed E-state index contributed by atoms with van der Waals surface area (Å²) in [6.07, 6.45) is 1.26. The number of benzene rings is 2. The van der Waals surface area contributed by atoms with Crippen LogP contribution in [0, 0.1) is 33.4 Å².